The fourth-order valence-electron chi connectivity index (χ4n) is 0.746. The molecule has 0 heterocycles. The molecule has 0 rings (SSSR count). The van der Waals surface area contributed by atoms with Crippen LogP contribution in [0.3, 0.4) is 0 Å². The summed E-state index contributed by atoms with van der Waals surface area (Å²) >= 11 is 0. The Morgan fingerprint density at radius 3 is 2.44 bits per heavy atom. The highest BCUT2D eigenvalue weighted by molar-refractivity contribution is 7.13. The smallest absolute Gasteiger partial charge is 0.0457 e. The molecular formula is C6H16NOP. The molecule has 2 N–H and O–H groups in total. The lowest BCUT2D eigenvalue weighted by atomic mass is 10.1. The van der Waals surface area contributed by atoms with Gasteiger partial charge in [0.05, 0.1) is 0 Å². The summed E-state index contributed by atoms with van der Waals surface area (Å²) in [6.07, 6.45) is 1.03. The monoisotopic (exact) mass is 149 g/mol. The summed E-state index contributed by atoms with van der Waals surface area (Å²) in [7, 11) is 2.47. The highest BCUT2D eigenvalue weighted by atomic mass is 31.0. The van der Waals surface area contributed by atoms with Crippen molar-refractivity contribution in [3.8, 4) is 0 Å². The Balaban J connectivity index is 3.22. The van der Waals surface area contributed by atoms with E-state index >= 15 is 0 Å². The minimum atomic E-state index is 0.288. The van der Waals surface area contributed by atoms with E-state index < -0.39 is 0 Å². The molecule has 0 bridgehead atoms. The quantitative estimate of drug-likeness (QED) is 0.579. The zero-order valence-corrected chi connectivity index (χ0v) is 7.25. The summed E-state index contributed by atoms with van der Waals surface area (Å²) in [5, 5.41) is 11.7. The van der Waals surface area contributed by atoms with Gasteiger partial charge in [-0.2, -0.15) is 0 Å². The van der Waals surface area contributed by atoms with Crippen LogP contribution in [0.5, 0.6) is 0 Å². The van der Waals surface area contributed by atoms with Crippen LogP contribution in [0.1, 0.15) is 20.3 Å². The summed E-state index contributed by atoms with van der Waals surface area (Å²) in [6, 6.07) is 0.483. The molecule has 9 heavy (non-hydrogen) atoms. The molecule has 0 fully saturated rings. The molecule has 2 unspecified atom stereocenters. The fourth-order valence-corrected chi connectivity index (χ4v) is 0.882. The lowest BCUT2D eigenvalue weighted by molar-refractivity contribution is 0.223. The molecule has 3 atom stereocenters. The SMILES string of the molecule is CC(CO)C[C@@H](C)NP. The normalized spacial score (nSPS) is 17.3. The molecule has 2 nitrogen and oxygen atoms in total. The van der Waals surface area contributed by atoms with Crippen molar-refractivity contribution < 1.29 is 5.11 Å². The first-order valence-corrected chi connectivity index (χ1v) is 3.85. The first-order valence-electron chi connectivity index (χ1n) is 3.27. The first-order chi connectivity index (χ1) is 4.20. The minimum absolute atomic E-state index is 0.288. The molecule has 0 spiro atoms. The van der Waals surface area contributed by atoms with Gasteiger partial charge in [-0.3, -0.25) is 5.09 Å². The molecule has 3 heteroatoms. The molecule has 0 saturated heterocycles. The first kappa shape index (κ1) is 9.35. The summed E-state index contributed by atoms with van der Waals surface area (Å²) in [6.45, 7) is 4.42. The van der Waals surface area contributed by atoms with Gasteiger partial charge in [-0.15, -0.1) is 0 Å². The van der Waals surface area contributed by atoms with E-state index in [1.165, 1.54) is 0 Å². The van der Waals surface area contributed by atoms with Gasteiger partial charge in [-0.05, 0) is 19.3 Å². The average Bonchev–Trinajstić information content (AvgIpc) is 1.87. The van der Waals surface area contributed by atoms with Crippen LogP contribution in [0.2, 0.25) is 0 Å². The van der Waals surface area contributed by atoms with E-state index in [-0.39, 0.29) is 6.61 Å². The Labute approximate surface area is 59.3 Å². The highest BCUT2D eigenvalue weighted by Gasteiger charge is 2.04. The zero-order valence-electron chi connectivity index (χ0n) is 6.09. The summed E-state index contributed by atoms with van der Waals surface area (Å²) < 4.78 is 0. The van der Waals surface area contributed by atoms with Crippen molar-refractivity contribution in [2.75, 3.05) is 6.61 Å². The van der Waals surface area contributed by atoms with Gasteiger partial charge in [-0.25, -0.2) is 0 Å². The molecular weight excluding hydrogens is 133 g/mol. The third-order valence-electron chi connectivity index (χ3n) is 1.35. The third kappa shape index (κ3) is 4.83. The number of aliphatic hydroxyl groups is 1. The van der Waals surface area contributed by atoms with Crippen LogP contribution in [0.4, 0.5) is 0 Å². The Bertz CT molecular complexity index is 62.1. The molecule has 56 valence electrons. The maximum Gasteiger partial charge on any atom is 0.0457 e. The lowest BCUT2D eigenvalue weighted by Gasteiger charge is -2.13. The van der Waals surface area contributed by atoms with Crippen molar-refractivity contribution in [2.45, 2.75) is 26.3 Å². The molecule has 0 aliphatic rings. The van der Waals surface area contributed by atoms with Crippen molar-refractivity contribution >= 4 is 9.39 Å². The van der Waals surface area contributed by atoms with Crippen LogP contribution in [0.15, 0.2) is 0 Å². The number of hydrogen-bond donors (Lipinski definition) is 2. The molecule has 0 aliphatic heterocycles. The van der Waals surface area contributed by atoms with E-state index in [0.717, 1.165) is 6.42 Å². The lowest BCUT2D eigenvalue weighted by Crippen LogP contribution is -2.20. The highest BCUT2D eigenvalue weighted by Crippen LogP contribution is 2.04. The van der Waals surface area contributed by atoms with E-state index in [0.29, 0.717) is 12.0 Å². The van der Waals surface area contributed by atoms with E-state index in [2.05, 4.69) is 21.4 Å². The number of nitrogens with one attached hydrogen (secondary N) is 1. The molecule has 0 radical (unpaired) electrons. The minimum Gasteiger partial charge on any atom is -0.396 e. The molecule has 0 aromatic rings. The summed E-state index contributed by atoms with van der Waals surface area (Å²) in [5.41, 5.74) is 0. The molecule has 0 aliphatic carbocycles. The van der Waals surface area contributed by atoms with Gasteiger partial charge in [0.1, 0.15) is 0 Å². The van der Waals surface area contributed by atoms with Gasteiger partial charge in [0.2, 0.25) is 0 Å². The Morgan fingerprint density at radius 1 is 1.56 bits per heavy atom. The number of hydrogen-bond acceptors (Lipinski definition) is 2. The van der Waals surface area contributed by atoms with E-state index in [9.17, 15) is 0 Å². The van der Waals surface area contributed by atoms with Crippen LogP contribution in [0, 0.1) is 5.92 Å². The second kappa shape index (κ2) is 5.16. The summed E-state index contributed by atoms with van der Waals surface area (Å²) in [4.78, 5) is 0. The maximum atomic E-state index is 8.64. The van der Waals surface area contributed by atoms with Crippen LogP contribution in [0.25, 0.3) is 0 Å². The zero-order chi connectivity index (χ0) is 7.28. The second-order valence-electron chi connectivity index (χ2n) is 2.59. The molecule has 0 amide bonds. The van der Waals surface area contributed by atoms with Gasteiger partial charge >= 0.3 is 0 Å². The van der Waals surface area contributed by atoms with Crippen molar-refractivity contribution in [2.24, 2.45) is 5.92 Å². The maximum absolute atomic E-state index is 8.64. The third-order valence-corrected chi connectivity index (χ3v) is 1.92. The van der Waals surface area contributed by atoms with E-state index in [1.807, 2.05) is 6.92 Å². The van der Waals surface area contributed by atoms with E-state index in [1.54, 1.807) is 0 Å². The van der Waals surface area contributed by atoms with Crippen LogP contribution in [-0.2, 0) is 0 Å². The van der Waals surface area contributed by atoms with Crippen molar-refractivity contribution in [3.05, 3.63) is 0 Å². The van der Waals surface area contributed by atoms with Gasteiger partial charge in [0.15, 0.2) is 0 Å². The van der Waals surface area contributed by atoms with Gasteiger partial charge < -0.3 is 5.11 Å². The van der Waals surface area contributed by atoms with Gasteiger partial charge in [0.25, 0.3) is 0 Å². The van der Waals surface area contributed by atoms with Gasteiger partial charge in [0, 0.05) is 12.6 Å². The fraction of sp³-hybridized carbons (Fsp3) is 1.00. The average molecular weight is 149 g/mol. The topological polar surface area (TPSA) is 32.3 Å². The van der Waals surface area contributed by atoms with Crippen molar-refractivity contribution in [1.82, 2.24) is 5.09 Å². The largest absolute Gasteiger partial charge is 0.396 e. The summed E-state index contributed by atoms with van der Waals surface area (Å²) in [5.74, 6) is 0.410. The Hall–Kier alpha value is 0.350. The van der Waals surface area contributed by atoms with Crippen molar-refractivity contribution in [1.29, 1.82) is 0 Å². The Kier molecular flexibility index (Phi) is 5.36. The number of rotatable bonds is 4. The van der Waals surface area contributed by atoms with E-state index in [4.69, 9.17) is 5.11 Å². The van der Waals surface area contributed by atoms with Crippen LogP contribution in [-0.4, -0.2) is 17.8 Å². The predicted molar refractivity (Wildman–Crippen MR) is 43.2 cm³/mol. The molecule has 0 saturated carbocycles. The van der Waals surface area contributed by atoms with Gasteiger partial charge in [-0.1, -0.05) is 16.3 Å². The standard InChI is InChI=1S/C6H16NOP/c1-5(4-8)3-6(2)7-9/h5-8H,3-4,9H2,1-2H3/t5?,6-/m1/s1. The molecule has 0 aromatic heterocycles. The second-order valence-corrected chi connectivity index (χ2v) is 2.92. The number of aliphatic hydroxyl groups excluding tert-OH is 1. The Morgan fingerprint density at radius 2 is 2.11 bits per heavy atom. The predicted octanol–water partition coefficient (Wildman–Crippen LogP) is 0.773. The van der Waals surface area contributed by atoms with Crippen LogP contribution < -0.4 is 5.09 Å². The molecule has 0 aromatic carbocycles. The van der Waals surface area contributed by atoms with Crippen molar-refractivity contribution in [3.63, 3.8) is 0 Å². The van der Waals surface area contributed by atoms with Crippen LogP contribution >= 0.6 is 9.39 Å².